The number of pyridine rings is 1. The number of aryl methyl sites for hydroxylation is 2. The third kappa shape index (κ3) is 1.28. The van der Waals surface area contributed by atoms with Crippen LogP contribution in [0.5, 0.6) is 0 Å². The van der Waals surface area contributed by atoms with Crippen molar-refractivity contribution in [3.05, 3.63) is 64.8 Å². The second kappa shape index (κ2) is 3.76. The molecule has 0 N–H and O–H groups in total. The van der Waals surface area contributed by atoms with Crippen molar-refractivity contribution in [2.75, 3.05) is 0 Å². The number of aromatic nitrogens is 1. The second-order valence-corrected chi connectivity index (χ2v) is 5.27. The summed E-state index contributed by atoms with van der Waals surface area (Å²) in [4.78, 5) is 17.4. The van der Waals surface area contributed by atoms with E-state index in [-0.39, 0.29) is 5.78 Å². The molecule has 0 radical (unpaired) electrons. The molecule has 0 bridgehead atoms. The molecule has 3 aromatic rings. The number of benzene rings is 2. The van der Waals surface area contributed by atoms with Gasteiger partial charge in [0.15, 0.2) is 5.78 Å². The summed E-state index contributed by atoms with van der Waals surface area (Å²) in [6.45, 7) is 4.09. The fourth-order valence-electron chi connectivity index (χ4n) is 3.04. The van der Waals surface area contributed by atoms with Gasteiger partial charge < -0.3 is 0 Å². The van der Waals surface area contributed by atoms with Crippen LogP contribution >= 0.6 is 0 Å². The van der Waals surface area contributed by atoms with Crippen molar-refractivity contribution in [2.24, 2.45) is 0 Å². The van der Waals surface area contributed by atoms with Gasteiger partial charge in [-0.25, -0.2) is 0 Å². The summed E-state index contributed by atoms with van der Waals surface area (Å²) in [5.74, 6) is 0.101. The second-order valence-electron chi connectivity index (χ2n) is 5.27. The standard InChI is InChI=1S/C18H13NO/c1-10-11(2)19-17-13-6-3-4-7-14(13)18(20)15-9-5-8-12(10)16(15)17/h3-9H,1-2H3. The Bertz CT molecular complexity index is 893. The molecule has 0 saturated carbocycles. The van der Waals surface area contributed by atoms with E-state index >= 15 is 0 Å². The van der Waals surface area contributed by atoms with Gasteiger partial charge in [-0.15, -0.1) is 0 Å². The van der Waals surface area contributed by atoms with Crippen molar-refractivity contribution in [1.29, 1.82) is 0 Å². The Kier molecular flexibility index (Phi) is 2.14. The van der Waals surface area contributed by atoms with Crippen molar-refractivity contribution in [2.45, 2.75) is 13.8 Å². The quantitative estimate of drug-likeness (QED) is 0.476. The molecule has 2 nitrogen and oxygen atoms in total. The molecule has 0 amide bonds. The third-order valence-corrected chi connectivity index (χ3v) is 4.20. The first kappa shape index (κ1) is 11.4. The van der Waals surface area contributed by atoms with Crippen LogP contribution in [-0.2, 0) is 0 Å². The number of hydrogen-bond donors (Lipinski definition) is 0. The van der Waals surface area contributed by atoms with Crippen LogP contribution in [0.1, 0.15) is 27.2 Å². The number of carbonyl (C=O) groups excluding carboxylic acids is 1. The number of fused-ring (bicyclic) bond motifs is 2. The molecule has 96 valence electrons. The van der Waals surface area contributed by atoms with Gasteiger partial charge in [-0.05, 0) is 24.8 Å². The topological polar surface area (TPSA) is 30.0 Å². The van der Waals surface area contributed by atoms with Crippen LogP contribution in [0.3, 0.4) is 0 Å². The Morgan fingerprint density at radius 1 is 0.850 bits per heavy atom. The van der Waals surface area contributed by atoms with E-state index in [9.17, 15) is 4.79 Å². The highest BCUT2D eigenvalue weighted by atomic mass is 16.1. The van der Waals surface area contributed by atoms with Crippen molar-refractivity contribution in [1.82, 2.24) is 4.98 Å². The summed E-state index contributed by atoms with van der Waals surface area (Å²) in [5.41, 5.74) is 5.58. The van der Waals surface area contributed by atoms with Crippen LogP contribution in [0.15, 0.2) is 42.5 Å². The maximum absolute atomic E-state index is 12.7. The summed E-state index contributed by atoms with van der Waals surface area (Å²) >= 11 is 0. The average molecular weight is 259 g/mol. The lowest BCUT2D eigenvalue weighted by Gasteiger charge is -2.20. The van der Waals surface area contributed by atoms with E-state index in [1.807, 2.05) is 43.3 Å². The van der Waals surface area contributed by atoms with Crippen LogP contribution in [-0.4, -0.2) is 10.8 Å². The molecule has 20 heavy (non-hydrogen) atoms. The lowest BCUT2D eigenvalue weighted by atomic mass is 9.84. The number of hydrogen-bond acceptors (Lipinski definition) is 2. The van der Waals surface area contributed by atoms with Gasteiger partial charge in [-0.2, -0.15) is 0 Å². The fraction of sp³-hybridized carbons (Fsp3) is 0.111. The van der Waals surface area contributed by atoms with Crippen molar-refractivity contribution in [3.8, 4) is 11.3 Å². The van der Waals surface area contributed by atoms with Crippen LogP contribution in [0, 0.1) is 13.8 Å². The molecule has 0 unspecified atom stereocenters. The minimum absolute atomic E-state index is 0.101. The molecular formula is C18H13NO. The molecular weight excluding hydrogens is 246 g/mol. The van der Waals surface area contributed by atoms with Gasteiger partial charge in [-0.3, -0.25) is 9.78 Å². The average Bonchev–Trinajstić information content (AvgIpc) is 2.49. The summed E-state index contributed by atoms with van der Waals surface area (Å²) in [7, 11) is 0. The van der Waals surface area contributed by atoms with Crippen LogP contribution in [0.4, 0.5) is 0 Å². The van der Waals surface area contributed by atoms with Gasteiger partial charge in [0.05, 0.1) is 5.69 Å². The van der Waals surface area contributed by atoms with Gasteiger partial charge in [0.25, 0.3) is 0 Å². The van der Waals surface area contributed by atoms with Gasteiger partial charge in [-0.1, -0.05) is 42.5 Å². The largest absolute Gasteiger partial charge is 0.289 e. The Hall–Kier alpha value is -2.48. The lowest BCUT2D eigenvalue weighted by Crippen LogP contribution is -2.11. The first-order chi connectivity index (χ1) is 9.68. The Balaban J connectivity index is 2.30. The highest BCUT2D eigenvalue weighted by Gasteiger charge is 2.26. The Morgan fingerprint density at radius 2 is 1.55 bits per heavy atom. The minimum atomic E-state index is 0.101. The maximum Gasteiger partial charge on any atom is 0.194 e. The van der Waals surface area contributed by atoms with Crippen LogP contribution in [0.2, 0.25) is 0 Å². The zero-order valence-corrected chi connectivity index (χ0v) is 11.4. The molecule has 0 spiro atoms. The van der Waals surface area contributed by atoms with Crippen molar-refractivity contribution >= 4 is 16.6 Å². The monoisotopic (exact) mass is 259 g/mol. The van der Waals surface area contributed by atoms with E-state index in [2.05, 4.69) is 13.0 Å². The molecule has 0 aliphatic heterocycles. The summed E-state index contributed by atoms with van der Waals surface area (Å²) in [6.07, 6.45) is 0. The van der Waals surface area contributed by atoms with Crippen LogP contribution < -0.4 is 0 Å². The lowest BCUT2D eigenvalue weighted by molar-refractivity contribution is 0.104. The van der Waals surface area contributed by atoms with Crippen molar-refractivity contribution < 1.29 is 4.79 Å². The fourth-order valence-corrected chi connectivity index (χ4v) is 3.04. The number of carbonyl (C=O) groups is 1. The molecule has 4 rings (SSSR count). The van der Waals surface area contributed by atoms with E-state index in [1.165, 1.54) is 0 Å². The third-order valence-electron chi connectivity index (χ3n) is 4.20. The molecule has 0 fully saturated rings. The molecule has 0 atom stereocenters. The predicted molar refractivity (Wildman–Crippen MR) is 80.1 cm³/mol. The van der Waals surface area contributed by atoms with Gasteiger partial charge >= 0.3 is 0 Å². The summed E-state index contributed by atoms with van der Waals surface area (Å²) in [6, 6.07) is 13.7. The Morgan fingerprint density at radius 3 is 2.35 bits per heavy atom. The highest BCUT2D eigenvalue weighted by Crippen LogP contribution is 2.39. The van der Waals surface area contributed by atoms with Gasteiger partial charge in [0.2, 0.25) is 0 Å². The van der Waals surface area contributed by atoms with E-state index in [4.69, 9.17) is 4.98 Å². The first-order valence-corrected chi connectivity index (χ1v) is 6.72. The molecule has 2 aromatic carbocycles. The minimum Gasteiger partial charge on any atom is -0.289 e. The zero-order chi connectivity index (χ0) is 13.9. The smallest absolute Gasteiger partial charge is 0.194 e. The maximum atomic E-state index is 12.7. The van der Waals surface area contributed by atoms with E-state index in [1.54, 1.807) is 0 Å². The molecule has 0 saturated heterocycles. The number of rotatable bonds is 0. The number of ketones is 1. The SMILES string of the molecule is Cc1nc2c3c(cccc3c1C)C(=O)c1ccccc1-2. The van der Waals surface area contributed by atoms with Gasteiger partial charge in [0, 0.05) is 27.8 Å². The highest BCUT2D eigenvalue weighted by molar-refractivity contribution is 6.25. The normalized spacial score (nSPS) is 12.6. The van der Waals surface area contributed by atoms with E-state index in [0.29, 0.717) is 0 Å². The molecule has 1 aliphatic rings. The zero-order valence-electron chi connectivity index (χ0n) is 11.4. The van der Waals surface area contributed by atoms with Crippen LogP contribution in [0.25, 0.3) is 22.0 Å². The molecule has 1 heterocycles. The van der Waals surface area contributed by atoms with Crippen molar-refractivity contribution in [3.63, 3.8) is 0 Å². The number of nitrogens with zero attached hydrogens (tertiary/aromatic N) is 1. The van der Waals surface area contributed by atoms with E-state index in [0.717, 1.165) is 44.4 Å². The summed E-state index contributed by atoms with van der Waals surface area (Å²) < 4.78 is 0. The molecule has 2 heteroatoms. The molecule has 1 aromatic heterocycles. The molecule has 1 aliphatic carbocycles. The van der Waals surface area contributed by atoms with E-state index < -0.39 is 0 Å². The van der Waals surface area contributed by atoms with Gasteiger partial charge in [0.1, 0.15) is 0 Å². The Labute approximate surface area is 117 Å². The predicted octanol–water partition coefficient (Wildman–Crippen LogP) is 4.06. The summed E-state index contributed by atoms with van der Waals surface area (Å²) in [5, 5.41) is 2.13. The first-order valence-electron chi connectivity index (χ1n) is 6.72.